The highest BCUT2D eigenvalue weighted by atomic mass is 15.3. The lowest BCUT2D eigenvalue weighted by Crippen LogP contribution is -2.53. The summed E-state index contributed by atoms with van der Waals surface area (Å²) in [7, 11) is 2.18. The molecule has 1 saturated heterocycles. The standard InChI is InChI=1S/C11H20N2.C2H6/c1-5-6-11(2,3)13-9-7-12(4)8-10-13;1-2/h7-10H2,1-4H3;1-2H3. The van der Waals surface area contributed by atoms with Crippen molar-refractivity contribution < 1.29 is 0 Å². The van der Waals surface area contributed by atoms with Gasteiger partial charge in [-0.1, -0.05) is 19.8 Å². The quantitative estimate of drug-likeness (QED) is 0.611. The molecule has 0 atom stereocenters. The molecule has 0 amide bonds. The van der Waals surface area contributed by atoms with Crippen molar-refractivity contribution in [2.75, 3.05) is 33.2 Å². The molecule has 2 heteroatoms. The van der Waals surface area contributed by atoms with Gasteiger partial charge in [0.2, 0.25) is 0 Å². The summed E-state index contributed by atoms with van der Waals surface area (Å²) in [5.74, 6) is 6.28. The van der Waals surface area contributed by atoms with Gasteiger partial charge in [0.25, 0.3) is 0 Å². The highest BCUT2D eigenvalue weighted by Gasteiger charge is 2.26. The monoisotopic (exact) mass is 210 g/mol. The van der Waals surface area contributed by atoms with E-state index in [0.717, 1.165) is 26.2 Å². The predicted molar refractivity (Wildman–Crippen MR) is 67.9 cm³/mol. The van der Waals surface area contributed by atoms with Crippen LogP contribution < -0.4 is 0 Å². The zero-order valence-electron chi connectivity index (χ0n) is 11.2. The van der Waals surface area contributed by atoms with Crippen LogP contribution in [0.25, 0.3) is 0 Å². The molecule has 1 fully saturated rings. The summed E-state index contributed by atoms with van der Waals surface area (Å²) >= 11 is 0. The second-order valence-corrected chi connectivity index (χ2v) is 4.22. The van der Waals surface area contributed by atoms with Crippen molar-refractivity contribution in [1.82, 2.24) is 9.80 Å². The zero-order chi connectivity index (χ0) is 11.9. The van der Waals surface area contributed by atoms with Gasteiger partial charge >= 0.3 is 0 Å². The number of nitrogens with zero attached hydrogens (tertiary/aromatic N) is 2. The molecule has 1 rings (SSSR count). The molecule has 88 valence electrons. The molecule has 1 heterocycles. The molecule has 0 N–H and O–H groups in total. The largest absolute Gasteiger partial charge is 0.304 e. The van der Waals surface area contributed by atoms with E-state index in [1.54, 1.807) is 0 Å². The first-order valence-corrected chi connectivity index (χ1v) is 5.94. The van der Waals surface area contributed by atoms with Crippen LogP contribution in [-0.2, 0) is 0 Å². The molecule has 0 aromatic carbocycles. The van der Waals surface area contributed by atoms with Gasteiger partial charge in [0.15, 0.2) is 0 Å². The third-order valence-corrected chi connectivity index (χ3v) is 2.72. The lowest BCUT2D eigenvalue weighted by molar-refractivity contribution is 0.0946. The van der Waals surface area contributed by atoms with Gasteiger partial charge in [-0.05, 0) is 27.8 Å². The summed E-state index contributed by atoms with van der Waals surface area (Å²) in [5.41, 5.74) is 0.0516. The SMILES string of the molecule is CC.CC#CC(C)(C)N1CCN(C)CC1. The average Bonchev–Trinajstić information content (AvgIpc) is 2.21. The summed E-state index contributed by atoms with van der Waals surface area (Å²) in [6.07, 6.45) is 0. The number of piperazine rings is 1. The van der Waals surface area contributed by atoms with E-state index >= 15 is 0 Å². The van der Waals surface area contributed by atoms with E-state index in [-0.39, 0.29) is 5.54 Å². The second-order valence-electron chi connectivity index (χ2n) is 4.22. The van der Waals surface area contributed by atoms with Gasteiger partial charge in [-0.25, -0.2) is 0 Å². The Morgan fingerprint density at radius 2 is 1.47 bits per heavy atom. The Balaban J connectivity index is 0.000000921. The lowest BCUT2D eigenvalue weighted by atomic mass is 10.0. The molecule has 0 aliphatic carbocycles. The smallest absolute Gasteiger partial charge is 0.0769 e. The van der Waals surface area contributed by atoms with E-state index in [1.807, 2.05) is 20.8 Å². The summed E-state index contributed by atoms with van der Waals surface area (Å²) in [5, 5.41) is 0. The minimum atomic E-state index is 0.0516. The highest BCUT2D eigenvalue weighted by molar-refractivity contribution is 5.13. The van der Waals surface area contributed by atoms with Gasteiger partial charge in [-0.3, -0.25) is 4.90 Å². The Morgan fingerprint density at radius 3 is 1.87 bits per heavy atom. The Kier molecular flexibility index (Phi) is 6.63. The summed E-state index contributed by atoms with van der Waals surface area (Å²) in [4.78, 5) is 4.83. The van der Waals surface area contributed by atoms with Gasteiger partial charge < -0.3 is 4.90 Å². The Bertz CT molecular complexity index is 214. The first-order valence-electron chi connectivity index (χ1n) is 5.94. The van der Waals surface area contributed by atoms with Crippen molar-refractivity contribution in [1.29, 1.82) is 0 Å². The average molecular weight is 210 g/mol. The molecule has 0 spiro atoms. The summed E-state index contributed by atoms with van der Waals surface area (Å²) in [6.45, 7) is 14.9. The molecule has 0 aromatic heterocycles. The molecule has 0 bridgehead atoms. The molecule has 1 aliphatic rings. The number of hydrogen-bond donors (Lipinski definition) is 0. The lowest BCUT2D eigenvalue weighted by Gasteiger charge is -2.40. The third kappa shape index (κ3) is 4.68. The minimum Gasteiger partial charge on any atom is -0.304 e. The Hall–Kier alpha value is -0.520. The van der Waals surface area contributed by atoms with Gasteiger partial charge in [-0.15, -0.1) is 5.92 Å². The molecule has 0 aromatic rings. The van der Waals surface area contributed by atoms with Crippen molar-refractivity contribution >= 4 is 0 Å². The minimum absolute atomic E-state index is 0.0516. The molecular weight excluding hydrogens is 184 g/mol. The second kappa shape index (κ2) is 6.87. The van der Waals surface area contributed by atoms with Crippen LogP contribution in [-0.4, -0.2) is 48.6 Å². The van der Waals surface area contributed by atoms with Crippen LogP contribution in [0.1, 0.15) is 34.6 Å². The maximum Gasteiger partial charge on any atom is 0.0769 e. The first kappa shape index (κ1) is 14.5. The number of hydrogen-bond acceptors (Lipinski definition) is 2. The van der Waals surface area contributed by atoms with Crippen LogP contribution in [0.15, 0.2) is 0 Å². The Labute approximate surface area is 95.6 Å². The van der Waals surface area contributed by atoms with Crippen LogP contribution in [0.4, 0.5) is 0 Å². The van der Waals surface area contributed by atoms with E-state index < -0.39 is 0 Å². The summed E-state index contributed by atoms with van der Waals surface area (Å²) in [6, 6.07) is 0. The zero-order valence-corrected chi connectivity index (χ0v) is 11.2. The highest BCUT2D eigenvalue weighted by Crippen LogP contribution is 2.15. The van der Waals surface area contributed by atoms with Gasteiger partial charge in [-0.2, -0.15) is 0 Å². The van der Waals surface area contributed by atoms with Gasteiger partial charge in [0, 0.05) is 26.2 Å². The molecule has 0 saturated carbocycles. The van der Waals surface area contributed by atoms with Crippen molar-refractivity contribution in [3.05, 3.63) is 0 Å². The fourth-order valence-electron chi connectivity index (χ4n) is 1.75. The van der Waals surface area contributed by atoms with Gasteiger partial charge in [0.05, 0.1) is 5.54 Å². The fourth-order valence-corrected chi connectivity index (χ4v) is 1.75. The van der Waals surface area contributed by atoms with E-state index in [1.165, 1.54) is 0 Å². The first-order chi connectivity index (χ1) is 7.06. The van der Waals surface area contributed by atoms with Crippen LogP contribution in [0.2, 0.25) is 0 Å². The molecule has 15 heavy (non-hydrogen) atoms. The van der Waals surface area contributed by atoms with E-state index in [0.29, 0.717) is 0 Å². The van der Waals surface area contributed by atoms with Crippen molar-refractivity contribution in [2.24, 2.45) is 0 Å². The van der Waals surface area contributed by atoms with E-state index in [2.05, 4.69) is 42.5 Å². The van der Waals surface area contributed by atoms with Crippen molar-refractivity contribution in [2.45, 2.75) is 40.2 Å². The van der Waals surface area contributed by atoms with Crippen LogP contribution in [0.5, 0.6) is 0 Å². The molecule has 0 radical (unpaired) electrons. The van der Waals surface area contributed by atoms with E-state index in [4.69, 9.17) is 0 Å². The van der Waals surface area contributed by atoms with E-state index in [9.17, 15) is 0 Å². The van der Waals surface area contributed by atoms with Crippen LogP contribution in [0, 0.1) is 11.8 Å². The third-order valence-electron chi connectivity index (χ3n) is 2.72. The topological polar surface area (TPSA) is 6.48 Å². The maximum absolute atomic E-state index is 3.26. The number of likely N-dealkylation sites (N-methyl/N-ethyl adjacent to an activating group) is 1. The normalized spacial score (nSPS) is 18.5. The molecule has 1 aliphatic heterocycles. The fraction of sp³-hybridized carbons (Fsp3) is 0.846. The molecule has 2 nitrogen and oxygen atoms in total. The predicted octanol–water partition coefficient (Wildman–Crippen LogP) is 2.06. The van der Waals surface area contributed by atoms with Crippen LogP contribution in [0.3, 0.4) is 0 Å². The maximum atomic E-state index is 3.26. The number of rotatable bonds is 1. The van der Waals surface area contributed by atoms with Crippen molar-refractivity contribution in [3.8, 4) is 11.8 Å². The van der Waals surface area contributed by atoms with Gasteiger partial charge in [0.1, 0.15) is 0 Å². The molecule has 0 unspecified atom stereocenters. The van der Waals surface area contributed by atoms with Crippen molar-refractivity contribution in [3.63, 3.8) is 0 Å². The molecular formula is C13H26N2. The Morgan fingerprint density at radius 1 is 1.00 bits per heavy atom. The summed E-state index contributed by atoms with van der Waals surface area (Å²) < 4.78 is 0. The van der Waals surface area contributed by atoms with Crippen LogP contribution >= 0.6 is 0 Å².